The molecule has 1 aliphatic heterocycles. The molecule has 33 heavy (non-hydrogen) atoms. The molecule has 2 heterocycles. The van der Waals surface area contributed by atoms with Gasteiger partial charge in [0.15, 0.2) is 11.7 Å². The van der Waals surface area contributed by atoms with Crippen LogP contribution in [0.2, 0.25) is 0 Å². The highest BCUT2D eigenvalue weighted by atomic mass is 127. The van der Waals surface area contributed by atoms with E-state index in [2.05, 4.69) is 39.9 Å². The summed E-state index contributed by atoms with van der Waals surface area (Å²) in [5.74, 6) is 1.78. The van der Waals surface area contributed by atoms with Crippen LogP contribution < -0.4 is 16.0 Å². The third-order valence-electron chi connectivity index (χ3n) is 5.80. The third-order valence-corrected chi connectivity index (χ3v) is 5.80. The molecule has 1 amide bonds. The Morgan fingerprint density at radius 1 is 1.18 bits per heavy atom. The largest absolute Gasteiger partial charge is 0.376 e. The van der Waals surface area contributed by atoms with Gasteiger partial charge in [-0.15, -0.1) is 24.0 Å². The SMILES string of the molecule is CCC(CC)c1cc(CNC(=NC)NCc2cccc(C(=O)NCC3CCCO3)c2)on1.I. The first-order valence-electron chi connectivity index (χ1n) is 11.5. The normalized spacial score (nSPS) is 15.9. The quantitative estimate of drug-likeness (QED) is 0.228. The zero-order valence-electron chi connectivity index (χ0n) is 19.7. The van der Waals surface area contributed by atoms with Gasteiger partial charge in [-0.3, -0.25) is 9.79 Å². The van der Waals surface area contributed by atoms with Gasteiger partial charge in [0.2, 0.25) is 0 Å². The van der Waals surface area contributed by atoms with Crippen molar-refractivity contribution >= 4 is 35.8 Å². The van der Waals surface area contributed by atoms with Crippen LogP contribution in [0.25, 0.3) is 0 Å². The van der Waals surface area contributed by atoms with E-state index in [1.54, 1.807) is 7.05 Å². The van der Waals surface area contributed by atoms with Gasteiger partial charge in [-0.1, -0.05) is 31.1 Å². The number of carbonyl (C=O) groups excluding carboxylic acids is 1. The molecule has 0 spiro atoms. The van der Waals surface area contributed by atoms with Gasteiger partial charge in [-0.2, -0.15) is 0 Å². The average molecular weight is 569 g/mol. The first-order valence-corrected chi connectivity index (χ1v) is 11.5. The maximum absolute atomic E-state index is 12.5. The van der Waals surface area contributed by atoms with Crippen molar-refractivity contribution in [1.82, 2.24) is 21.1 Å². The molecule has 0 bridgehead atoms. The predicted octanol–water partition coefficient (Wildman–Crippen LogP) is 3.97. The topological polar surface area (TPSA) is 101 Å². The van der Waals surface area contributed by atoms with Crippen LogP contribution in [0.4, 0.5) is 0 Å². The molecule has 1 aliphatic rings. The fraction of sp³-hybridized carbons (Fsp3) is 0.542. The molecular weight excluding hydrogens is 533 g/mol. The summed E-state index contributed by atoms with van der Waals surface area (Å²) < 4.78 is 11.0. The number of hydrogen-bond donors (Lipinski definition) is 3. The highest BCUT2D eigenvalue weighted by Crippen LogP contribution is 2.22. The van der Waals surface area contributed by atoms with Gasteiger partial charge in [-0.05, 0) is 43.4 Å². The van der Waals surface area contributed by atoms with Crippen molar-refractivity contribution in [2.24, 2.45) is 4.99 Å². The molecule has 1 unspecified atom stereocenters. The van der Waals surface area contributed by atoms with Crippen molar-refractivity contribution in [2.45, 2.75) is 64.6 Å². The summed E-state index contributed by atoms with van der Waals surface area (Å²) >= 11 is 0. The molecule has 1 saturated heterocycles. The highest BCUT2D eigenvalue weighted by Gasteiger charge is 2.17. The second-order valence-corrected chi connectivity index (χ2v) is 8.06. The van der Waals surface area contributed by atoms with E-state index in [0.29, 0.717) is 37.1 Å². The van der Waals surface area contributed by atoms with Crippen LogP contribution in [0.3, 0.4) is 0 Å². The van der Waals surface area contributed by atoms with Gasteiger partial charge >= 0.3 is 0 Å². The Morgan fingerprint density at radius 2 is 1.97 bits per heavy atom. The standard InChI is InChI=1S/C24H35N5O3.HI/c1-4-18(5-2)22-13-21(32-29-22)16-28-24(25-3)27-14-17-8-6-9-19(12-17)23(30)26-15-20-10-7-11-31-20;/h6,8-9,12-13,18,20H,4-5,7,10-11,14-16H2,1-3H3,(H,26,30)(H2,25,27,28);1H. The summed E-state index contributed by atoms with van der Waals surface area (Å²) in [6.07, 6.45) is 4.29. The monoisotopic (exact) mass is 569 g/mol. The van der Waals surface area contributed by atoms with Crippen molar-refractivity contribution < 1.29 is 14.1 Å². The minimum absolute atomic E-state index is 0. The summed E-state index contributed by atoms with van der Waals surface area (Å²) in [4.78, 5) is 16.7. The number of nitrogens with one attached hydrogen (secondary N) is 3. The molecule has 9 heteroatoms. The average Bonchev–Trinajstić information content (AvgIpc) is 3.51. The van der Waals surface area contributed by atoms with Crippen molar-refractivity contribution in [1.29, 1.82) is 0 Å². The van der Waals surface area contributed by atoms with Crippen LogP contribution in [0.15, 0.2) is 39.8 Å². The van der Waals surface area contributed by atoms with E-state index >= 15 is 0 Å². The molecule has 1 fully saturated rings. The van der Waals surface area contributed by atoms with Crippen molar-refractivity contribution in [3.8, 4) is 0 Å². The van der Waals surface area contributed by atoms with Gasteiger partial charge in [-0.25, -0.2) is 0 Å². The Morgan fingerprint density at radius 3 is 2.67 bits per heavy atom. The first kappa shape index (κ1) is 27.1. The molecule has 182 valence electrons. The number of guanidine groups is 1. The lowest BCUT2D eigenvalue weighted by atomic mass is 9.99. The number of ether oxygens (including phenoxy) is 1. The van der Waals surface area contributed by atoms with E-state index < -0.39 is 0 Å². The first-order chi connectivity index (χ1) is 15.6. The number of rotatable bonds is 10. The van der Waals surface area contributed by atoms with Crippen LogP contribution >= 0.6 is 24.0 Å². The second-order valence-electron chi connectivity index (χ2n) is 8.06. The molecule has 3 N–H and O–H groups in total. The molecule has 8 nitrogen and oxygen atoms in total. The van der Waals surface area contributed by atoms with Crippen LogP contribution in [0, 0.1) is 0 Å². The number of halogens is 1. The minimum Gasteiger partial charge on any atom is -0.376 e. The lowest BCUT2D eigenvalue weighted by Crippen LogP contribution is -2.36. The lowest BCUT2D eigenvalue weighted by molar-refractivity contribution is 0.0857. The summed E-state index contributed by atoms with van der Waals surface area (Å²) in [5, 5.41) is 13.7. The molecule has 0 aliphatic carbocycles. The Bertz CT molecular complexity index is 892. The number of carbonyl (C=O) groups is 1. The second kappa shape index (κ2) is 14.2. The van der Waals surface area contributed by atoms with E-state index in [1.807, 2.05) is 30.3 Å². The number of hydrogen-bond acceptors (Lipinski definition) is 5. The molecule has 1 aromatic carbocycles. The van der Waals surface area contributed by atoms with E-state index in [-0.39, 0.29) is 36.0 Å². The number of aliphatic imine (C=N–C) groups is 1. The number of nitrogens with zero attached hydrogens (tertiary/aromatic N) is 2. The number of benzene rings is 1. The van der Waals surface area contributed by atoms with Gasteiger partial charge in [0.1, 0.15) is 0 Å². The van der Waals surface area contributed by atoms with Crippen molar-refractivity contribution in [2.75, 3.05) is 20.2 Å². The minimum atomic E-state index is -0.0801. The molecule has 1 aromatic heterocycles. The van der Waals surface area contributed by atoms with Crippen LogP contribution in [0.1, 0.15) is 72.8 Å². The van der Waals surface area contributed by atoms with Gasteiger partial charge in [0.05, 0.1) is 18.3 Å². The van der Waals surface area contributed by atoms with Gasteiger partial charge in [0, 0.05) is 44.3 Å². The Kier molecular flexibility index (Phi) is 11.7. The summed E-state index contributed by atoms with van der Waals surface area (Å²) in [6, 6.07) is 9.60. The molecule has 0 radical (unpaired) electrons. The van der Waals surface area contributed by atoms with E-state index in [0.717, 1.165) is 49.3 Å². The van der Waals surface area contributed by atoms with E-state index in [1.165, 1.54) is 0 Å². The molecule has 3 rings (SSSR count). The summed E-state index contributed by atoms with van der Waals surface area (Å²) in [7, 11) is 1.72. The molecular formula is C24H36IN5O3. The fourth-order valence-corrected chi connectivity index (χ4v) is 3.83. The van der Waals surface area contributed by atoms with Crippen LogP contribution in [-0.2, 0) is 17.8 Å². The Labute approximate surface area is 213 Å². The number of amides is 1. The smallest absolute Gasteiger partial charge is 0.251 e. The fourth-order valence-electron chi connectivity index (χ4n) is 3.83. The zero-order valence-corrected chi connectivity index (χ0v) is 22.1. The van der Waals surface area contributed by atoms with Gasteiger partial charge in [0.25, 0.3) is 5.91 Å². The highest BCUT2D eigenvalue weighted by molar-refractivity contribution is 14.0. The maximum Gasteiger partial charge on any atom is 0.251 e. The Balaban J connectivity index is 0.00000385. The molecule has 2 aromatic rings. The summed E-state index contributed by atoms with van der Waals surface area (Å²) in [5.41, 5.74) is 2.64. The van der Waals surface area contributed by atoms with Crippen molar-refractivity contribution in [3.63, 3.8) is 0 Å². The molecule has 1 atom stereocenters. The maximum atomic E-state index is 12.5. The van der Waals surface area contributed by atoms with Crippen LogP contribution in [-0.4, -0.2) is 43.3 Å². The van der Waals surface area contributed by atoms with Gasteiger partial charge < -0.3 is 25.2 Å². The van der Waals surface area contributed by atoms with E-state index in [4.69, 9.17) is 9.26 Å². The Hall–Kier alpha value is -2.14. The predicted molar refractivity (Wildman–Crippen MR) is 140 cm³/mol. The third kappa shape index (κ3) is 8.29. The molecule has 0 saturated carbocycles. The lowest BCUT2D eigenvalue weighted by Gasteiger charge is -2.13. The van der Waals surface area contributed by atoms with E-state index in [9.17, 15) is 4.79 Å². The van der Waals surface area contributed by atoms with Crippen molar-refractivity contribution in [3.05, 3.63) is 52.9 Å². The van der Waals surface area contributed by atoms with Crippen LogP contribution in [0.5, 0.6) is 0 Å². The summed E-state index contributed by atoms with van der Waals surface area (Å²) in [6.45, 7) is 6.70. The zero-order chi connectivity index (χ0) is 22.8. The number of aromatic nitrogens is 1.